The van der Waals surface area contributed by atoms with E-state index in [-0.39, 0.29) is 10.6 Å². The Morgan fingerprint density at radius 2 is 2.42 bits per heavy atom. The zero-order valence-electron chi connectivity index (χ0n) is 11.3. The standard InChI is InChI=1S/C13H21ClN4O/c1-10-5-2-3-7-18(10)8-4-6-15-12-11(14)13(19)17-9-16-12/h9-10H,2-8H2,1H3,(H2,15,16,17,19). The lowest BCUT2D eigenvalue weighted by Crippen LogP contribution is -2.38. The summed E-state index contributed by atoms with van der Waals surface area (Å²) < 4.78 is 0. The summed E-state index contributed by atoms with van der Waals surface area (Å²) in [5.74, 6) is 0.470. The molecule has 1 atom stereocenters. The third kappa shape index (κ3) is 3.94. The highest BCUT2D eigenvalue weighted by Crippen LogP contribution is 2.16. The van der Waals surface area contributed by atoms with Crippen LogP contribution in [0.1, 0.15) is 32.6 Å². The van der Waals surface area contributed by atoms with Crippen LogP contribution in [0.2, 0.25) is 5.02 Å². The Kier molecular flexibility index (Phi) is 5.22. The summed E-state index contributed by atoms with van der Waals surface area (Å²) in [5, 5.41) is 3.25. The molecule has 0 aliphatic carbocycles. The molecule has 1 aromatic heterocycles. The van der Waals surface area contributed by atoms with Crippen molar-refractivity contribution in [2.75, 3.05) is 25.0 Å². The first kappa shape index (κ1) is 14.3. The molecule has 0 aromatic carbocycles. The monoisotopic (exact) mass is 284 g/mol. The van der Waals surface area contributed by atoms with Gasteiger partial charge in [-0.1, -0.05) is 18.0 Å². The van der Waals surface area contributed by atoms with E-state index in [2.05, 4.69) is 27.1 Å². The molecule has 1 aliphatic rings. The van der Waals surface area contributed by atoms with Gasteiger partial charge in [0.2, 0.25) is 0 Å². The van der Waals surface area contributed by atoms with E-state index in [1.807, 2.05) is 0 Å². The second-order valence-corrected chi connectivity index (χ2v) is 5.43. The predicted molar refractivity (Wildman–Crippen MR) is 77.9 cm³/mol. The van der Waals surface area contributed by atoms with Gasteiger partial charge < -0.3 is 15.2 Å². The number of H-pyrrole nitrogens is 1. The van der Waals surface area contributed by atoms with Gasteiger partial charge >= 0.3 is 0 Å². The molecular formula is C13H21ClN4O. The van der Waals surface area contributed by atoms with Gasteiger partial charge in [0.25, 0.3) is 5.56 Å². The van der Waals surface area contributed by atoms with Gasteiger partial charge in [0.05, 0.1) is 6.33 Å². The summed E-state index contributed by atoms with van der Waals surface area (Å²) in [5.41, 5.74) is -0.302. The van der Waals surface area contributed by atoms with E-state index in [1.165, 1.54) is 32.1 Å². The summed E-state index contributed by atoms with van der Waals surface area (Å²) in [7, 11) is 0. The van der Waals surface area contributed by atoms with Crippen LogP contribution in [0.15, 0.2) is 11.1 Å². The highest BCUT2D eigenvalue weighted by atomic mass is 35.5. The highest BCUT2D eigenvalue weighted by molar-refractivity contribution is 6.32. The van der Waals surface area contributed by atoms with Crippen molar-refractivity contribution in [2.45, 2.75) is 38.6 Å². The van der Waals surface area contributed by atoms with Gasteiger partial charge in [-0.2, -0.15) is 0 Å². The smallest absolute Gasteiger partial charge is 0.271 e. The number of aromatic nitrogens is 2. The van der Waals surface area contributed by atoms with Gasteiger partial charge in [-0.15, -0.1) is 0 Å². The molecule has 1 aromatic rings. The first-order valence-electron chi connectivity index (χ1n) is 6.89. The molecule has 5 nitrogen and oxygen atoms in total. The third-order valence-electron chi connectivity index (χ3n) is 3.65. The fourth-order valence-electron chi connectivity index (χ4n) is 2.49. The van der Waals surface area contributed by atoms with Crippen LogP contribution in [0.5, 0.6) is 0 Å². The molecule has 2 rings (SSSR count). The van der Waals surface area contributed by atoms with Crippen LogP contribution in [0, 0.1) is 0 Å². The van der Waals surface area contributed by atoms with Crippen molar-refractivity contribution in [3.63, 3.8) is 0 Å². The highest BCUT2D eigenvalue weighted by Gasteiger charge is 2.17. The number of anilines is 1. The van der Waals surface area contributed by atoms with Crippen molar-refractivity contribution in [1.29, 1.82) is 0 Å². The number of hydrogen-bond donors (Lipinski definition) is 2. The predicted octanol–water partition coefficient (Wildman–Crippen LogP) is 2.10. The zero-order valence-corrected chi connectivity index (χ0v) is 12.0. The third-order valence-corrected chi connectivity index (χ3v) is 4.00. The molecule has 1 saturated heterocycles. The SMILES string of the molecule is CC1CCCCN1CCCNc1nc[nH]c(=O)c1Cl. The van der Waals surface area contributed by atoms with E-state index in [1.54, 1.807) is 0 Å². The lowest BCUT2D eigenvalue weighted by Gasteiger charge is -2.33. The van der Waals surface area contributed by atoms with E-state index in [4.69, 9.17) is 11.6 Å². The van der Waals surface area contributed by atoms with Crippen molar-refractivity contribution in [3.8, 4) is 0 Å². The molecular weight excluding hydrogens is 264 g/mol. The molecule has 0 amide bonds. The average Bonchev–Trinajstić information content (AvgIpc) is 2.41. The van der Waals surface area contributed by atoms with Crippen molar-refractivity contribution < 1.29 is 0 Å². The zero-order chi connectivity index (χ0) is 13.7. The summed E-state index contributed by atoms with van der Waals surface area (Å²) in [6, 6.07) is 0.690. The molecule has 2 heterocycles. The average molecular weight is 285 g/mol. The molecule has 6 heteroatoms. The topological polar surface area (TPSA) is 61.0 Å². The Balaban J connectivity index is 1.74. The summed E-state index contributed by atoms with van der Waals surface area (Å²) in [6.45, 7) is 5.35. The Labute approximate surface area is 118 Å². The Morgan fingerprint density at radius 3 is 3.21 bits per heavy atom. The minimum absolute atomic E-state index is 0.133. The number of nitrogens with zero attached hydrogens (tertiary/aromatic N) is 2. The van der Waals surface area contributed by atoms with E-state index in [0.29, 0.717) is 11.9 Å². The fourth-order valence-corrected chi connectivity index (χ4v) is 2.66. The number of piperidine rings is 1. The second-order valence-electron chi connectivity index (χ2n) is 5.06. The second kappa shape index (κ2) is 6.91. The van der Waals surface area contributed by atoms with E-state index in [9.17, 15) is 4.79 Å². The number of halogens is 1. The van der Waals surface area contributed by atoms with Crippen molar-refractivity contribution in [3.05, 3.63) is 21.7 Å². The number of nitrogens with one attached hydrogen (secondary N) is 2. The van der Waals surface area contributed by atoms with Crippen LogP contribution in [0.25, 0.3) is 0 Å². The number of hydrogen-bond acceptors (Lipinski definition) is 4. The Hall–Kier alpha value is -1.07. The molecule has 106 valence electrons. The van der Waals surface area contributed by atoms with E-state index >= 15 is 0 Å². The molecule has 19 heavy (non-hydrogen) atoms. The number of aromatic amines is 1. The Bertz CT molecular complexity index is 462. The Morgan fingerprint density at radius 1 is 1.58 bits per heavy atom. The van der Waals surface area contributed by atoms with Gasteiger partial charge in [-0.3, -0.25) is 4.79 Å². The lowest BCUT2D eigenvalue weighted by molar-refractivity contribution is 0.160. The first-order valence-corrected chi connectivity index (χ1v) is 7.27. The molecule has 2 N–H and O–H groups in total. The van der Waals surface area contributed by atoms with Gasteiger partial charge in [0.15, 0.2) is 5.82 Å². The number of likely N-dealkylation sites (tertiary alicyclic amines) is 1. The van der Waals surface area contributed by atoms with Gasteiger partial charge in [-0.25, -0.2) is 4.98 Å². The fraction of sp³-hybridized carbons (Fsp3) is 0.692. The number of rotatable bonds is 5. The molecule has 1 fully saturated rings. The van der Waals surface area contributed by atoms with Crippen molar-refractivity contribution in [1.82, 2.24) is 14.9 Å². The van der Waals surface area contributed by atoms with Crippen LogP contribution >= 0.6 is 11.6 Å². The molecule has 1 unspecified atom stereocenters. The van der Waals surface area contributed by atoms with Gasteiger partial charge in [-0.05, 0) is 32.7 Å². The van der Waals surface area contributed by atoms with Gasteiger partial charge in [0.1, 0.15) is 5.02 Å². The quantitative estimate of drug-likeness (QED) is 0.813. The molecule has 1 aliphatic heterocycles. The molecule has 0 spiro atoms. The maximum Gasteiger partial charge on any atom is 0.271 e. The molecule has 0 bridgehead atoms. The van der Waals surface area contributed by atoms with Crippen molar-refractivity contribution in [2.24, 2.45) is 0 Å². The summed E-state index contributed by atoms with van der Waals surface area (Å²) >= 11 is 5.86. The normalized spacial score (nSPS) is 20.4. The lowest BCUT2D eigenvalue weighted by atomic mass is 10.0. The van der Waals surface area contributed by atoms with Crippen LogP contribution in [-0.4, -0.2) is 40.5 Å². The summed E-state index contributed by atoms with van der Waals surface area (Å²) in [6.07, 6.45) is 6.34. The van der Waals surface area contributed by atoms with Crippen molar-refractivity contribution >= 4 is 17.4 Å². The first-order chi connectivity index (χ1) is 9.18. The van der Waals surface area contributed by atoms with Crippen LogP contribution < -0.4 is 10.9 Å². The summed E-state index contributed by atoms with van der Waals surface area (Å²) in [4.78, 5) is 20.3. The maximum absolute atomic E-state index is 11.3. The van der Waals surface area contributed by atoms with Crippen LogP contribution in [0.4, 0.5) is 5.82 Å². The van der Waals surface area contributed by atoms with E-state index in [0.717, 1.165) is 19.5 Å². The van der Waals surface area contributed by atoms with E-state index < -0.39 is 0 Å². The van der Waals surface area contributed by atoms with Crippen LogP contribution in [0.3, 0.4) is 0 Å². The van der Waals surface area contributed by atoms with Crippen LogP contribution in [-0.2, 0) is 0 Å². The molecule has 0 radical (unpaired) electrons. The van der Waals surface area contributed by atoms with Gasteiger partial charge in [0, 0.05) is 19.1 Å². The maximum atomic E-state index is 11.3. The molecule has 0 saturated carbocycles. The minimum Gasteiger partial charge on any atom is -0.369 e. The minimum atomic E-state index is -0.302. The largest absolute Gasteiger partial charge is 0.369 e.